The van der Waals surface area contributed by atoms with Gasteiger partial charge in [-0.15, -0.1) is 6.42 Å². The number of carbonyl (C=O) groups is 2. The molecule has 2 amide bonds. The van der Waals surface area contributed by atoms with Crippen LogP contribution in [-0.2, 0) is 41.6 Å². The van der Waals surface area contributed by atoms with Gasteiger partial charge in [-0.25, -0.2) is 4.79 Å². The molecule has 34 heavy (non-hydrogen) atoms. The molecule has 0 aliphatic rings. The van der Waals surface area contributed by atoms with E-state index in [0.29, 0.717) is 59.3 Å². The van der Waals surface area contributed by atoms with Gasteiger partial charge in [0.15, 0.2) is 0 Å². The molecule has 9 heteroatoms. The fourth-order valence-corrected chi connectivity index (χ4v) is 2.62. The quantitative estimate of drug-likeness (QED) is 0.262. The van der Waals surface area contributed by atoms with Crippen molar-refractivity contribution < 1.29 is 33.3 Å². The van der Waals surface area contributed by atoms with E-state index < -0.39 is 11.7 Å². The molecule has 1 aromatic carbocycles. The van der Waals surface area contributed by atoms with Gasteiger partial charge >= 0.3 is 6.09 Å². The number of hydrogen-bond acceptors (Lipinski definition) is 7. The lowest BCUT2D eigenvalue weighted by molar-refractivity contribution is -0.122. The van der Waals surface area contributed by atoms with Crippen LogP contribution >= 0.6 is 0 Å². The van der Waals surface area contributed by atoms with Crippen molar-refractivity contribution in [2.75, 3.05) is 52.9 Å². The predicted molar refractivity (Wildman–Crippen MR) is 128 cm³/mol. The predicted octanol–water partition coefficient (Wildman–Crippen LogP) is 2.42. The van der Waals surface area contributed by atoms with Crippen molar-refractivity contribution in [1.29, 1.82) is 0 Å². The molecular weight excluding hydrogens is 440 g/mol. The van der Waals surface area contributed by atoms with Crippen LogP contribution in [0.15, 0.2) is 24.3 Å². The Kier molecular flexibility index (Phi) is 15.4. The first-order chi connectivity index (χ1) is 16.3. The van der Waals surface area contributed by atoms with Crippen LogP contribution < -0.4 is 10.6 Å². The van der Waals surface area contributed by atoms with Crippen molar-refractivity contribution in [3.63, 3.8) is 0 Å². The molecule has 0 saturated carbocycles. The number of terminal acetylenes is 1. The Hall–Kier alpha value is -2.64. The Morgan fingerprint density at radius 3 is 1.85 bits per heavy atom. The van der Waals surface area contributed by atoms with Crippen LogP contribution in [0.4, 0.5) is 4.79 Å². The zero-order valence-corrected chi connectivity index (χ0v) is 20.5. The monoisotopic (exact) mass is 478 g/mol. The molecule has 0 aliphatic heterocycles. The standard InChI is InChI=1S/C25H38N2O7/c1-5-11-30-13-15-32-17-18-33-16-14-31-12-10-23(28)26-19-21-8-6-7-9-22(21)20-27-24(29)34-25(2,3)4/h1,6-9H,10-20H2,2-4H3,(H,26,28)(H,27,29). The van der Waals surface area contributed by atoms with Crippen LogP contribution in [0.2, 0.25) is 0 Å². The molecule has 0 spiro atoms. The fourth-order valence-electron chi connectivity index (χ4n) is 2.62. The second-order valence-electron chi connectivity index (χ2n) is 8.24. The Morgan fingerprint density at radius 2 is 1.32 bits per heavy atom. The van der Waals surface area contributed by atoms with Gasteiger partial charge < -0.3 is 34.3 Å². The molecule has 1 aromatic rings. The second-order valence-corrected chi connectivity index (χ2v) is 8.24. The molecule has 0 atom stereocenters. The first-order valence-corrected chi connectivity index (χ1v) is 11.4. The van der Waals surface area contributed by atoms with E-state index in [1.165, 1.54) is 0 Å². The van der Waals surface area contributed by atoms with Gasteiger partial charge in [-0.05, 0) is 31.9 Å². The number of rotatable bonds is 17. The van der Waals surface area contributed by atoms with Crippen LogP contribution in [0.3, 0.4) is 0 Å². The lowest BCUT2D eigenvalue weighted by Gasteiger charge is -2.20. The molecule has 0 aromatic heterocycles. The third-order valence-electron chi connectivity index (χ3n) is 4.19. The summed E-state index contributed by atoms with van der Waals surface area (Å²) in [7, 11) is 0. The van der Waals surface area contributed by atoms with Crippen LogP contribution in [0.5, 0.6) is 0 Å². The van der Waals surface area contributed by atoms with Gasteiger partial charge in [0.25, 0.3) is 0 Å². The zero-order valence-electron chi connectivity index (χ0n) is 20.5. The SMILES string of the molecule is C#CCOCCOCCOCCOCCC(=O)NCc1ccccc1CNC(=O)OC(C)(C)C. The Bertz CT molecular complexity index is 756. The van der Waals surface area contributed by atoms with E-state index in [9.17, 15) is 9.59 Å². The molecule has 0 radical (unpaired) electrons. The summed E-state index contributed by atoms with van der Waals surface area (Å²) in [4.78, 5) is 24.0. The van der Waals surface area contributed by atoms with Crippen molar-refractivity contribution in [2.24, 2.45) is 0 Å². The van der Waals surface area contributed by atoms with Crippen LogP contribution in [-0.4, -0.2) is 70.5 Å². The Balaban J connectivity index is 2.11. The second kappa shape index (κ2) is 17.8. The number of hydrogen-bond donors (Lipinski definition) is 2. The normalized spacial score (nSPS) is 11.0. The van der Waals surface area contributed by atoms with Crippen LogP contribution in [0.25, 0.3) is 0 Å². The summed E-state index contributed by atoms with van der Waals surface area (Å²) in [5, 5.41) is 5.61. The summed E-state index contributed by atoms with van der Waals surface area (Å²) < 4.78 is 26.5. The van der Waals surface area contributed by atoms with Crippen molar-refractivity contribution in [1.82, 2.24) is 10.6 Å². The summed E-state index contributed by atoms with van der Waals surface area (Å²) in [5.74, 6) is 2.27. The van der Waals surface area contributed by atoms with Crippen molar-refractivity contribution in [3.8, 4) is 12.3 Å². The topological polar surface area (TPSA) is 104 Å². The van der Waals surface area contributed by atoms with Crippen LogP contribution in [0.1, 0.15) is 38.3 Å². The molecule has 0 heterocycles. The smallest absolute Gasteiger partial charge is 0.407 e. The maximum absolute atomic E-state index is 12.1. The third-order valence-corrected chi connectivity index (χ3v) is 4.19. The average molecular weight is 479 g/mol. The minimum atomic E-state index is -0.557. The summed E-state index contributed by atoms with van der Waals surface area (Å²) in [6.07, 6.45) is 4.84. The molecule has 1 rings (SSSR count). The van der Waals surface area contributed by atoms with Crippen LogP contribution in [0, 0.1) is 12.3 Å². The lowest BCUT2D eigenvalue weighted by atomic mass is 10.1. The number of benzene rings is 1. The van der Waals surface area contributed by atoms with Crippen molar-refractivity contribution >= 4 is 12.0 Å². The number of ether oxygens (including phenoxy) is 5. The van der Waals surface area contributed by atoms with Gasteiger partial charge in [0.2, 0.25) is 5.91 Å². The highest BCUT2D eigenvalue weighted by atomic mass is 16.6. The molecule has 0 saturated heterocycles. The minimum absolute atomic E-state index is 0.115. The summed E-state index contributed by atoms with van der Waals surface area (Å²) in [6, 6.07) is 7.59. The first kappa shape index (κ1) is 29.4. The van der Waals surface area contributed by atoms with E-state index in [2.05, 4.69) is 16.6 Å². The van der Waals surface area contributed by atoms with Gasteiger partial charge in [-0.3, -0.25) is 4.79 Å². The molecule has 0 bridgehead atoms. The third kappa shape index (κ3) is 16.0. The van der Waals surface area contributed by atoms with Crippen molar-refractivity contribution in [2.45, 2.75) is 45.9 Å². The number of carbonyl (C=O) groups excluding carboxylic acids is 2. The van der Waals surface area contributed by atoms with E-state index in [0.717, 1.165) is 11.1 Å². The number of alkyl carbamates (subject to hydrolysis) is 1. The summed E-state index contributed by atoms with van der Waals surface area (Å²) >= 11 is 0. The van der Waals surface area contributed by atoms with E-state index in [-0.39, 0.29) is 18.9 Å². The molecule has 9 nitrogen and oxygen atoms in total. The highest BCUT2D eigenvalue weighted by Crippen LogP contribution is 2.10. The van der Waals surface area contributed by atoms with Crippen molar-refractivity contribution in [3.05, 3.63) is 35.4 Å². The van der Waals surface area contributed by atoms with Gasteiger partial charge in [-0.2, -0.15) is 0 Å². The zero-order chi connectivity index (χ0) is 25.1. The highest BCUT2D eigenvalue weighted by molar-refractivity contribution is 5.76. The number of amides is 2. The Morgan fingerprint density at radius 1 is 0.824 bits per heavy atom. The van der Waals surface area contributed by atoms with E-state index >= 15 is 0 Å². The lowest BCUT2D eigenvalue weighted by Crippen LogP contribution is -2.32. The molecule has 190 valence electrons. The molecule has 0 fully saturated rings. The van der Waals surface area contributed by atoms with Gasteiger partial charge in [0.05, 0.1) is 46.2 Å². The molecule has 2 N–H and O–H groups in total. The van der Waals surface area contributed by atoms with E-state index in [1.807, 2.05) is 45.0 Å². The average Bonchev–Trinajstić information content (AvgIpc) is 2.78. The maximum atomic E-state index is 12.1. The largest absolute Gasteiger partial charge is 0.444 e. The first-order valence-electron chi connectivity index (χ1n) is 11.4. The molecule has 0 aliphatic carbocycles. The van der Waals surface area contributed by atoms with Gasteiger partial charge in [0.1, 0.15) is 12.2 Å². The minimum Gasteiger partial charge on any atom is -0.444 e. The summed E-state index contributed by atoms with van der Waals surface area (Å²) in [5.41, 5.74) is 1.27. The number of nitrogens with one attached hydrogen (secondary N) is 2. The van der Waals surface area contributed by atoms with Gasteiger partial charge in [-0.1, -0.05) is 30.2 Å². The molecule has 0 unspecified atom stereocenters. The van der Waals surface area contributed by atoms with Gasteiger partial charge in [0, 0.05) is 19.5 Å². The van der Waals surface area contributed by atoms with E-state index in [1.54, 1.807) is 0 Å². The Labute approximate surface area is 202 Å². The summed E-state index contributed by atoms with van der Waals surface area (Å²) in [6.45, 7) is 9.39. The highest BCUT2D eigenvalue weighted by Gasteiger charge is 2.16. The molecular formula is C25H38N2O7. The maximum Gasteiger partial charge on any atom is 0.407 e. The van der Waals surface area contributed by atoms with E-state index in [4.69, 9.17) is 30.1 Å². The fraction of sp³-hybridized carbons (Fsp3) is 0.600.